The van der Waals surface area contributed by atoms with Crippen LogP contribution < -0.4 is 0 Å². The van der Waals surface area contributed by atoms with Crippen LogP contribution in [0.15, 0.2) is 6.07 Å². The molecular formula is C20H30N4O3. The van der Waals surface area contributed by atoms with Crippen LogP contribution in [-0.2, 0) is 16.0 Å². The SMILES string of the molecule is Cc1cc(C[C@@H]2CN(C(=O)C3CCN(C(=O)C4CCC4)CC3)C[C@@H]2O)n[nH]1. The molecule has 1 aliphatic carbocycles. The van der Waals surface area contributed by atoms with Crippen LogP contribution in [0.2, 0.25) is 0 Å². The van der Waals surface area contributed by atoms with Gasteiger partial charge in [-0.25, -0.2) is 0 Å². The zero-order valence-corrected chi connectivity index (χ0v) is 16.1. The number of aromatic nitrogens is 2. The highest BCUT2D eigenvalue weighted by Gasteiger charge is 2.39. The average Bonchev–Trinajstić information content (AvgIpc) is 3.19. The fourth-order valence-electron chi connectivity index (χ4n) is 4.60. The maximum Gasteiger partial charge on any atom is 0.225 e. The zero-order valence-electron chi connectivity index (χ0n) is 16.1. The van der Waals surface area contributed by atoms with Gasteiger partial charge >= 0.3 is 0 Å². The zero-order chi connectivity index (χ0) is 19.0. The third kappa shape index (κ3) is 3.88. The third-order valence-corrected chi connectivity index (χ3v) is 6.56. The van der Waals surface area contributed by atoms with Gasteiger partial charge in [-0.2, -0.15) is 5.10 Å². The monoisotopic (exact) mass is 374 g/mol. The molecule has 1 aromatic heterocycles. The molecule has 2 aliphatic heterocycles. The number of hydrogen-bond donors (Lipinski definition) is 2. The van der Waals surface area contributed by atoms with E-state index in [1.807, 2.05) is 22.8 Å². The van der Waals surface area contributed by atoms with Gasteiger partial charge in [0.25, 0.3) is 0 Å². The fourth-order valence-corrected chi connectivity index (χ4v) is 4.60. The van der Waals surface area contributed by atoms with Crippen LogP contribution in [0.5, 0.6) is 0 Å². The number of β-amino-alcohol motifs (C(OH)–C–C–N with tert-alkyl or cyclic N) is 1. The quantitative estimate of drug-likeness (QED) is 0.826. The van der Waals surface area contributed by atoms with Crippen LogP contribution in [0.1, 0.15) is 43.5 Å². The summed E-state index contributed by atoms with van der Waals surface area (Å²) >= 11 is 0. The second-order valence-electron chi connectivity index (χ2n) is 8.54. The fraction of sp³-hybridized carbons (Fsp3) is 0.750. The first-order valence-electron chi connectivity index (χ1n) is 10.3. The number of piperidine rings is 1. The second kappa shape index (κ2) is 7.62. The Morgan fingerprint density at radius 3 is 2.37 bits per heavy atom. The molecule has 0 spiro atoms. The Hall–Kier alpha value is -1.89. The lowest BCUT2D eigenvalue weighted by molar-refractivity contribution is -0.143. The molecule has 7 heteroatoms. The summed E-state index contributed by atoms with van der Waals surface area (Å²) in [5.41, 5.74) is 1.95. The first-order valence-corrected chi connectivity index (χ1v) is 10.3. The molecule has 2 saturated heterocycles. The van der Waals surface area contributed by atoms with Crippen molar-refractivity contribution >= 4 is 11.8 Å². The van der Waals surface area contributed by atoms with E-state index in [4.69, 9.17) is 0 Å². The molecule has 2 amide bonds. The Bertz CT molecular complexity index is 691. The summed E-state index contributed by atoms with van der Waals surface area (Å²) in [5.74, 6) is 0.687. The summed E-state index contributed by atoms with van der Waals surface area (Å²) in [6.45, 7) is 4.34. The number of amides is 2. The molecule has 3 fully saturated rings. The van der Waals surface area contributed by atoms with E-state index in [2.05, 4.69) is 10.2 Å². The van der Waals surface area contributed by atoms with Crippen molar-refractivity contribution in [3.8, 4) is 0 Å². The Morgan fingerprint density at radius 1 is 1.11 bits per heavy atom. The van der Waals surface area contributed by atoms with E-state index in [9.17, 15) is 14.7 Å². The topological polar surface area (TPSA) is 89.5 Å². The number of aliphatic hydroxyl groups is 1. The number of aryl methyl sites for hydroxylation is 1. The summed E-state index contributed by atoms with van der Waals surface area (Å²) < 4.78 is 0. The first-order chi connectivity index (χ1) is 13.0. The summed E-state index contributed by atoms with van der Waals surface area (Å²) in [6.07, 6.45) is 4.90. The largest absolute Gasteiger partial charge is 0.391 e. The highest BCUT2D eigenvalue weighted by Crippen LogP contribution is 2.31. The van der Waals surface area contributed by atoms with E-state index in [0.29, 0.717) is 32.6 Å². The predicted molar refractivity (Wildman–Crippen MR) is 99.8 cm³/mol. The lowest BCUT2D eigenvalue weighted by atomic mass is 9.83. The van der Waals surface area contributed by atoms with Gasteiger partial charge in [0.05, 0.1) is 11.8 Å². The van der Waals surface area contributed by atoms with E-state index < -0.39 is 6.10 Å². The van der Waals surface area contributed by atoms with E-state index >= 15 is 0 Å². The lowest BCUT2D eigenvalue weighted by Crippen LogP contribution is -2.46. The molecule has 2 atom stereocenters. The van der Waals surface area contributed by atoms with Crippen molar-refractivity contribution in [3.63, 3.8) is 0 Å². The molecule has 0 unspecified atom stereocenters. The van der Waals surface area contributed by atoms with Crippen molar-refractivity contribution < 1.29 is 14.7 Å². The lowest BCUT2D eigenvalue weighted by Gasteiger charge is -2.37. The molecule has 1 saturated carbocycles. The van der Waals surface area contributed by atoms with Gasteiger partial charge in [0.1, 0.15) is 0 Å². The number of nitrogens with zero attached hydrogens (tertiary/aromatic N) is 3. The van der Waals surface area contributed by atoms with Crippen LogP contribution >= 0.6 is 0 Å². The molecule has 27 heavy (non-hydrogen) atoms. The van der Waals surface area contributed by atoms with Crippen molar-refractivity contribution in [1.29, 1.82) is 0 Å². The molecule has 7 nitrogen and oxygen atoms in total. The molecule has 0 radical (unpaired) electrons. The highest BCUT2D eigenvalue weighted by atomic mass is 16.3. The number of rotatable bonds is 4. The van der Waals surface area contributed by atoms with E-state index in [1.165, 1.54) is 6.42 Å². The summed E-state index contributed by atoms with van der Waals surface area (Å²) in [4.78, 5) is 29.1. The second-order valence-corrected chi connectivity index (χ2v) is 8.54. The normalized spacial score (nSPS) is 27.0. The maximum atomic E-state index is 12.9. The molecule has 2 N–H and O–H groups in total. The summed E-state index contributed by atoms with van der Waals surface area (Å²) in [7, 11) is 0. The van der Waals surface area contributed by atoms with Gasteiger partial charge in [-0.1, -0.05) is 6.42 Å². The van der Waals surface area contributed by atoms with E-state index in [1.54, 1.807) is 0 Å². The van der Waals surface area contributed by atoms with Gasteiger partial charge in [-0.15, -0.1) is 0 Å². The Balaban J connectivity index is 1.28. The van der Waals surface area contributed by atoms with Crippen molar-refractivity contribution in [3.05, 3.63) is 17.5 Å². The van der Waals surface area contributed by atoms with Gasteiger partial charge in [0, 0.05) is 49.6 Å². The number of nitrogens with one attached hydrogen (secondary N) is 1. The van der Waals surface area contributed by atoms with Crippen molar-refractivity contribution in [1.82, 2.24) is 20.0 Å². The van der Waals surface area contributed by atoms with Crippen LogP contribution in [-0.4, -0.2) is 69.2 Å². The molecule has 1 aromatic rings. The molecule has 3 aliphatic rings. The van der Waals surface area contributed by atoms with Crippen LogP contribution in [0.25, 0.3) is 0 Å². The van der Waals surface area contributed by atoms with Crippen LogP contribution in [0, 0.1) is 24.7 Å². The maximum absolute atomic E-state index is 12.9. The smallest absolute Gasteiger partial charge is 0.225 e. The molecule has 0 aromatic carbocycles. The first kappa shape index (κ1) is 18.5. The van der Waals surface area contributed by atoms with E-state index in [-0.39, 0.29) is 29.6 Å². The molecule has 0 bridgehead atoms. The third-order valence-electron chi connectivity index (χ3n) is 6.56. The molecular weight excluding hydrogens is 344 g/mol. The molecule has 4 rings (SSSR count). The molecule has 148 valence electrons. The number of likely N-dealkylation sites (tertiary alicyclic amines) is 2. The van der Waals surface area contributed by atoms with Gasteiger partial charge in [0.2, 0.25) is 11.8 Å². The number of aromatic amines is 1. The minimum Gasteiger partial charge on any atom is -0.391 e. The van der Waals surface area contributed by atoms with Gasteiger partial charge < -0.3 is 14.9 Å². The number of H-pyrrole nitrogens is 1. The van der Waals surface area contributed by atoms with Crippen molar-refractivity contribution in [2.45, 2.75) is 51.6 Å². The minimum atomic E-state index is -0.494. The van der Waals surface area contributed by atoms with Crippen molar-refractivity contribution in [2.24, 2.45) is 17.8 Å². The highest BCUT2D eigenvalue weighted by molar-refractivity contribution is 5.81. The summed E-state index contributed by atoms with van der Waals surface area (Å²) in [6, 6.07) is 1.99. The Labute approximate surface area is 160 Å². The van der Waals surface area contributed by atoms with Gasteiger partial charge in [0.15, 0.2) is 0 Å². The number of carbonyl (C=O) groups excluding carboxylic acids is 2. The standard InChI is InChI=1S/C20H30N4O3/c1-13-9-17(22-21-13)10-16-11-24(12-18(16)25)20(27)15-5-7-23(8-6-15)19(26)14-3-2-4-14/h9,14-16,18,25H,2-8,10-12H2,1H3,(H,21,22)/t16-,18+/m1/s1. The van der Waals surface area contributed by atoms with Crippen molar-refractivity contribution in [2.75, 3.05) is 26.2 Å². The Morgan fingerprint density at radius 2 is 1.78 bits per heavy atom. The average molecular weight is 374 g/mol. The van der Waals surface area contributed by atoms with Gasteiger partial charge in [-0.3, -0.25) is 14.7 Å². The van der Waals surface area contributed by atoms with Crippen LogP contribution in [0.3, 0.4) is 0 Å². The minimum absolute atomic E-state index is 0.0194. The number of hydrogen-bond acceptors (Lipinski definition) is 4. The van der Waals surface area contributed by atoms with Gasteiger partial charge in [-0.05, 0) is 45.1 Å². The predicted octanol–water partition coefficient (Wildman–Crippen LogP) is 1.12. The molecule has 3 heterocycles. The van der Waals surface area contributed by atoms with Crippen LogP contribution in [0.4, 0.5) is 0 Å². The van der Waals surface area contributed by atoms with E-state index in [0.717, 1.165) is 37.1 Å². The Kier molecular flexibility index (Phi) is 5.21. The number of aliphatic hydroxyl groups excluding tert-OH is 1. The number of carbonyl (C=O) groups is 2. The summed E-state index contributed by atoms with van der Waals surface area (Å²) in [5, 5.41) is 17.6.